The van der Waals surface area contributed by atoms with Crippen LogP contribution in [0.4, 0.5) is 0 Å². The molecule has 0 aliphatic heterocycles. The number of furan rings is 1. The summed E-state index contributed by atoms with van der Waals surface area (Å²) in [6, 6.07) is 55.1. The highest BCUT2D eigenvalue weighted by Crippen LogP contribution is 2.53. The molecule has 0 saturated heterocycles. The van der Waals surface area contributed by atoms with Crippen molar-refractivity contribution < 1.29 is 4.42 Å². The fraction of sp³-hybridized carbons (Fsp3) is 0.0625. The summed E-state index contributed by atoms with van der Waals surface area (Å²) in [7, 11) is 0. The quantitative estimate of drug-likeness (QED) is 0.186. The molecule has 3 heterocycles. The molecule has 10 aromatic rings. The predicted molar refractivity (Wildman–Crippen MR) is 215 cm³/mol. The van der Waals surface area contributed by atoms with Crippen LogP contribution in [0.2, 0.25) is 0 Å². The van der Waals surface area contributed by atoms with Crippen LogP contribution in [-0.2, 0) is 5.41 Å². The predicted octanol–water partition coefficient (Wildman–Crippen LogP) is 12.2. The van der Waals surface area contributed by atoms with Crippen molar-refractivity contribution in [1.29, 1.82) is 0 Å². The average molecular weight is 681 g/mol. The molecule has 0 saturated carbocycles. The fourth-order valence-corrected chi connectivity index (χ4v) is 8.68. The Morgan fingerprint density at radius 3 is 1.85 bits per heavy atom. The molecular formula is C48H32N4O. The van der Waals surface area contributed by atoms with Crippen molar-refractivity contribution in [2.24, 2.45) is 0 Å². The van der Waals surface area contributed by atoms with Crippen LogP contribution in [0.15, 0.2) is 162 Å². The maximum Gasteiger partial charge on any atom is 0.164 e. The zero-order chi connectivity index (χ0) is 35.3. The van der Waals surface area contributed by atoms with Crippen LogP contribution in [0.5, 0.6) is 0 Å². The second kappa shape index (κ2) is 11.1. The molecule has 1 aliphatic rings. The van der Waals surface area contributed by atoms with Crippen LogP contribution < -0.4 is 0 Å². The van der Waals surface area contributed by atoms with Crippen molar-refractivity contribution in [2.75, 3.05) is 0 Å². The minimum Gasteiger partial charge on any atom is -0.456 e. The summed E-state index contributed by atoms with van der Waals surface area (Å²) in [5, 5.41) is 4.51. The van der Waals surface area contributed by atoms with Crippen LogP contribution >= 0.6 is 0 Å². The summed E-state index contributed by atoms with van der Waals surface area (Å²) < 4.78 is 9.06. The Bertz CT molecular complexity index is 3020. The molecule has 11 rings (SSSR count). The van der Waals surface area contributed by atoms with E-state index in [9.17, 15) is 0 Å². The molecule has 0 bridgehead atoms. The minimum absolute atomic E-state index is 0.166. The number of para-hydroxylation sites is 2. The Hall–Kier alpha value is -6.85. The van der Waals surface area contributed by atoms with Crippen LogP contribution in [-0.4, -0.2) is 19.5 Å². The monoisotopic (exact) mass is 680 g/mol. The number of fused-ring (bicyclic) bond motifs is 10. The van der Waals surface area contributed by atoms with Gasteiger partial charge in [-0.25, -0.2) is 15.0 Å². The van der Waals surface area contributed by atoms with Gasteiger partial charge in [-0.2, -0.15) is 0 Å². The largest absolute Gasteiger partial charge is 0.456 e. The second-order valence-electron chi connectivity index (χ2n) is 14.4. The second-order valence-corrected chi connectivity index (χ2v) is 14.4. The summed E-state index contributed by atoms with van der Waals surface area (Å²) >= 11 is 0. The van der Waals surface area contributed by atoms with E-state index in [1.54, 1.807) is 0 Å². The highest BCUT2D eigenvalue weighted by molar-refractivity contribution is 6.16. The molecule has 0 atom stereocenters. The molecule has 0 unspecified atom stereocenters. The lowest BCUT2D eigenvalue weighted by molar-refractivity contribution is 0.666. The van der Waals surface area contributed by atoms with E-state index in [4.69, 9.17) is 19.4 Å². The summed E-state index contributed by atoms with van der Waals surface area (Å²) in [5.41, 5.74) is 12.8. The van der Waals surface area contributed by atoms with Gasteiger partial charge in [0.05, 0.1) is 16.7 Å². The number of aromatic nitrogens is 4. The molecule has 0 spiro atoms. The first kappa shape index (κ1) is 29.8. The third-order valence-electron chi connectivity index (χ3n) is 11.0. The van der Waals surface area contributed by atoms with Crippen molar-refractivity contribution >= 4 is 43.7 Å². The minimum atomic E-state index is -0.166. The van der Waals surface area contributed by atoms with Gasteiger partial charge in [0.25, 0.3) is 0 Å². The van der Waals surface area contributed by atoms with E-state index in [-0.39, 0.29) is 5.41 Å². The van der Waals surface area contributed by atoms with Crippen molar-refractivity contribution in [2.45, 2.75) is 19.3 Å². The van der Waals surface area contributed by atoms with Gasteiger partial charge < -0.3 is 8.98 Å². The number of hydrogen-bond acceptors (Lipinski definition) is 4. The molecule has 0 fully saturated rings. The molecule has 1 aliphatic carbocycles. The van der Waals surface area contributed by atoms with E-state index in [2.05, 4.69) is 103 Å². The van der Waals surface area contributed by atoms with E-state index in [1.165, 1.54) is 33.0 Å². The van der Waals surface area contributed by atoms with Crippen LogP contribution in [0.3, 0.4) is 0 Å². The molecule has 53 heavy (non-hydrogen) atoms. The van der Waals surface area contributed by atoms with Gasteiger partial charge in [0, 0.05) is 49.7 Å². The Balaban J connectivity index is 1.24. The number of nitrogens with zero attached hydrogens (tertiary/aromatic N) is 4. The first-order valence-electron chi connectivity index (χ1n) is 18.0. The van der Waals surface area contributed by atoms with Crippen LogP contribution in [0.1, 0.15) is 25.0 Å². The lowest BCUT2D eigenvalue weighted by atomic mass is 9.80. The maximum absolute atomic E-state index is 6.67. The molecule has 3 aromatic heterocycles. The SMILES string of the molecule is CC1(C)c2ccccc2-c2ccc3c(c21)c1ccccc1n3-c1cc(-c2nc(-c3ccccc3)nc(-c3ccccc3)n2)c2c(c1)oc1ccccc12. The molecular weight excluding hydrogens is 649 g/mol. The first-order valence-corrected chi connectivity index (χ1v) is 18.0. The van der Waals surface area contributed by atoms with E-state index in [0.29, 0.717) is 17.5 Å². The van der Waals surface area contributed by atoms with Gasteiger partial charge in [0.1, 0.15) is 11.2 Å². The number of hydrogen-bond donors (Lipinski definition) is 0. The van der Waals surface area contributed by atoms with Crippen LogP contribution in [0.25, 0.3) is 94.7 Å². The number of benzene rings is 7. The number of rotatable bonds is 4. The van der Waals surface area contributed by atoms with E-state index < -0.39 is 0 Å². The molecule has 5 nitrogen and oxygen atoms in total. The third-order valence-corrected chi connectivity index (χ3v) is 11.0. The van der Waals surface area contributed by atoms with Gasteiger partial charge in [-0.15, -0.1) is 0 Å². The summed E-state index contributed by atoms with van der Waals surface area (Å²) in [6.45, 7) is 4.72. The Kier molecular flexibility index (Phi) is 6.23. The molecule has 250 valence electrons. The highest BCUT2D eigenvalue weighted by atomic mass is 16.3. The molecule has 0 radical (unpaired) electrons. The average Bonchev–Trinajstić information content (AvgIpc) is 3.83. The van der Waals surface area contributed by atoms with Gasteiger partial charge in [0.15, 0.2) is 17.5 Å². The lowest BCUT2D eigenvalue weighted by Gasteiger charge is -2.22. The molecule has 0 amide bonds. The van der Waals surface area contributed by atoms with Gasteiger partial charge >= 0.3 is 0 Å². The highest BCUT2D eigenvalue weighted by Gasteiger charge is 2.38. The Morgan fingerprint density at radius 1 is 0.472 bits per heavy atom. The fourth-order valence-electron chi connectivity index (χ4n) is 8.68. The van der Waals surface area contributed by atoms with Gasteiger partial charge in [0.2, 0.25) is 0 Å². The maximum atomic E-state index is 6.67. The molecule has 0 N–H and O–H groups in total. The Labute approximate surface area is 305 Å². The summed E-state index contributed by atoms with van der Waals surface area (Å²) in [5.74, 6) is 1.83. The first-order chi connectivity index (χ1) is 26.0. The van der Waals surface area contributed by atoms with Gasteiger partial charge in [-0.1, -0.05) is 141 Å². The smallest absolute Gasteiger partial charge is 0.164 e. The van der Waals surface area contributed by atoms with Gasteiger partial charge in [-0.05, 0) is 46.5 Å². The van der Waals surface area contributed by atoms with Crippen molar-refractivity contribution in [1.82, 2.24) is 19.5 Å². The Morgan fingerprint density at radius 2 is 1.09 bits per heavy atom. The molecule has 7 aromatic carbocycles. The van der Waals surface area contributed by atoms with Crippen molar-refractivity contribution in [3.63, 3.8) is 0 Å². The summed E-state index contributed by atoms with van der Waals surface area (Å²) in [4.78, 5) is 15.4. The van der Waals surface area contributed by atoms with Crippen LogP contribution in [0, 0.1) is 0 Å². The molecule has 5 heteroatoms. The standard InChI is InChI=1S/C48H32N4O/c1-48(2)37-22-12-9-19-32(37)33-25-26-39-43(44(33)48)34-20-10-13-23-38(34)52(39)31-27-36(42-35-21-11-14-24-40(35)53-41(42)28-31)47-50-45(29-15-5-3-6-16-29)49-46(51-47)30-17-7-4-8-18-30/h3-28H,1-2H3. The summed E-state index contributed by atoms with van der Waals surface area (Å²) in [6.07, 6.45) is 0. The topological polar surface area (TPSA) is 56.7 Å². The van der Waals surface area contributed by atoms with Crippen molar-refractivity contribution in [3.05, 3.63) is 169 Å². The van der Waals surface area contributed by atoms with E-state index in [0.717, 1.165) is 55.3 Å². The zero-order valence-electron chi connectivity index (χ0n) is 29.2. The lowest BCUT2D eigenvalue weighted by Crippen LogP contribution is -2.15. The zero-order valence-corrected chi connectivity index (χ0v) is 29.2. The normalized spacial score (nSPS) is 13.2. The van der Waals surface area contributed by atoms with E-state index in [1.807, 2.05) is 72.8 Å². The third kappa shape index (κ3) is 4.34. The van der Waals surface area contributed by atoms with E-state index >= 15 is 0 Å². The van der Waals surface area contributed by atoms with Crippen molar-refractivity contribution in [3.8, 4) is 51.0 Å². The van der Waals surface area contributed by atoms with Gasteiger partial charge in [-0.3, -0.25) is 0 Å².